The molecule has 1 fully saturated rings. The molecule has 7 nitrogen and oxygen atoms in total. The van der Waals surface area contributed by atoms with Crippen LogP contribution in [0.5, 0.6) is 11.5 Å². The van der Waals surface area contributed by atoms with Gasteiger partial charge in [-0.2, -0.15) is 4.31 Å². The van der Waals surface area contributed by atoms with E-state index in [4.69, 9.17) is 21.1 Å². The van der Waals surface area contributed by atoms with E-state index in [1.165, 1.54) is 30.7 Å². The Bertz CT molecular complexity index is 995. The summed E-state index contributed by atoms with van der Waals surface area (Å²) in [5, 5.41) is 3.26. The van der Waals surface area contributed by atoms with Gasteiger partial charge in [0.2, 0.25) is 15.9 Å². The lowest BCUT2D eigenvalue weighted by Crippen LogP contribution is -2.45. The van der Waals surface area contributed by atoms with Gasteiger partial charge < -0.3 is 14.8 Å². The number of nitrogens with one attached hydrogen (secondary N) is 1. The summed E-state index contributed by atoms with van der Waals surface area (Å²) in [6.07, 6.45) is 2.29. The molecule has 0 aromatic heterocycles. The Labute approximate surface area is 182 Å². The van der Waals surface area contributed by atoms with E-state index in [0.717, 1.165) is 12.8 Å². The fraction of sp³-hybridized carbons (Fsp3) is 0.381. The summed E-state index contributed by atoms with van der Waals surface area (Å²) in [7, 11) is -0.694. The molecule has 30 heavy (non-hydrogen) atoms. The van der Waals surface area contributed by atoms with Crippen molar-refractivity contribution in [2.45, 2.75) is 36.6 Å². The maximum atomic E-state index is 13.2. The number of hydrogen-bond donors (Lipinski definition) is 1. The van der Waals surface area contributed by atoms with E-state index in [0.29, 0.717) is 35.2 Å². The standard InChI is InChI=1S/C21H25ClN2O5S/c1-28-17-7-9-18(10-8-17)30(26,27)24-12-4-3-5-16(24)14-21(25)23-19-13-15(22)6-11-20(19)29-2/h6-11,13,16H,3-5,12,14H2,1-2H3,(H,23,25). The summed E-state index contributed by atoms with van der Waals surface area (Å²) in [5.41, 5.74) is 0.454. The second kappa shape index (κ2) is 9.68. The molecule has 0 aliphatic carbocycles. The third-order valence-electron chi connectivity index (χ3n) is 5.10. The lowest BCUT2D eigenvalue weighted by atomic mass is 10.0. The highest BCUT2D eigenvalue weighted by molar-refractivity contribution is 7.89. The van der Waals surface area contributed by atoms with Crippen LogP contribution in [0, 0.1) is 0 Å². The van der Waals surface area contributed by atoms with Gasteiger partial charge >= 0.3 is 0 Å². The second-order valence-corrected chi connectivity index (χ2v) is 9.36. The van der Waals surface area contributed by atoms with Crippen molar-refractivity contribution < 1.29 is 22.7 Å². The Morgan fingerprint density at radius 1 is 1.13 bits per heavy atom. The van der Waals surface area contributed by atoms with Gasteiger partial charge in [0.05, 0.1) is 24.8 Å². The van der Waals surface area contributed by atoms with E-state index in [1.54, 1.807) is 30.3 Å². The predicted octanol–water partition coefficient (Wildman–Crippen LogP) is 3.93. The minimum absolute atomic E-state index is 0.0467. The fourth-order valence-electron chi connectivity index (χ4n) is 3.57. The molecule has 0 spiro atoms. The van der Waals surface area contributed by atoms with E-state index in [9.17, 15) is 13.2 Å². The van der Waals surface area contributed by atoms with Gasteiger partial charge in [-0.1, -0.05) is 18.0 Å². The lowest BCUT2D eigenvalue weighted by Gasteiger charge is -2.34. The van der Waals surface area contributed by atoms with Crippen molar-refractivity contribution in [3.05, 3.63) is 47.5 Å². The molecule has 162 valence electrons. The Kier molecular flexibility index (Phi) is 7.23. The number of ether oxygens (including phenoxy) is 2. The van der Waals surface area contributed by atoms with Crippen LogP contribution in [0.2, 0.25) is 5.02 Å². The van der Waals surface area contributed by atoms with Crippen molar-refractivity contribution in [1.82, 2.24) is 4.31 Å². The highest BCUT2D eigenvalue weighted by Gasteiger charge is 2.34. The first kappa shape index (κ1) is 22.4. The van der Waals surface area contributed by atoms with Gasteiger partial charge in [-0.25, -0.2) is 8.42 Å². The zero-order valence-corrected chi connectivity index (χ0v) is 18.5. The van der Waals surface area contributed by atoms with Gasteiger partial charge in [-0.3, -0.25) is 4.79 Å². The average molecular weight is 453 g/mol. The molecule has 2 aromatic carbocycles. The molecule has 9 heteroatoms. The maximum Gasteiger partial charge on any atom is 0.243 e. The number of nitrogens with zero attached hydrogens (tertiary/aromatic N) is 1. The summed E-state index contributed by atoms with van der Waals surface area (Å²) in [4.78, 5) is 12.9. The number of rotatable bonds is 7. The highest BCUT2D eigenvalue weighted by atomic mass is 35.5. The molecule has 1 N–H and O–H groups in total. The number of sulfonamides is 1. The topological polar surface area (TPSA) is 84.9 Å². The Hall–Kier alpha value is -2.29. The largest absolute Gasteiger partial charge is 0.497 e. The first-order valence-electron chi connectivity index (χ1n) is 9.64. The SMILES string of the molecule is COc1ccc(S(=O)(=O)N2CCCCC2CC(=O)Nc2cc(Cl)ccc2OC)cc1. The van der Waals surface area contributed by atoms with Gasteiger partial charge in [0.25, 0.3) is 0 Å². The number of halogens is 1. The molecule has 1 amide bonds. The Balaban J connectivity index is 1.77. The summed E-state index contributed by atoms with van der Waals surface area (Å²) in [5.74, 6) is 0.774. The van der Waals surface area contributed by atoms with Gasteiger partial charge in [-0.05, 0) is 55.3 Å². The van der Waals surface area contributed by atoms with Crippen molar-refractivity contribution in [2.24, 2.45) is 0 Å². The zero-order chi connectivity index (χ0) is 21.7. The second-order valence-electron chi connectivity index (χ2n) is 7.04. The van der Waals surface area contributed by atoms with E-state index in [-0.39, 0.29) is 17.2 Å². The molecule has 1 aliphatic rings. The van der Waals surface area contributed by atoms with Crippen molar-refractivity contribution in [3.8, 4) is 11.5 Å². The monoisotopic (exact) mass is 452 g/mol. The first-order chi connectivity index (χ1) is 14.3. The molecule has 1 atom stereocenters. The number of carbonyl (C=O) groups excluding carboxylic acids is 1. The minimum Gasteiger partial charge on any atom is -0.497 e. The maximum absolute atomic E-state index is 13.2. The number of anilines is 1. The van der Waals surface area contributed by atoms with Gasteiger partial charge in [0.15, 0.2) is 0 Å². The smallest absolute Gasteiger partial charge is 0.243 e. The predicted molar refractivity (Wildman–Crippen MR) is 116 cm³/mol. The summed E-state index contributed by atoms with van der Waals surface area (Å²) < 4.78 is 38.2. The quantitative estimate of drug-likeness (QED) is 0.688. The molecule has 3 rings (SSSR count). The lowest BCUT2D eigenvalue weighted by molar-refractivity contribution is -0.117. The zero-order valence-electron chi connectivity index (χ0n) is 16.9. The number of benzene rings is 2. The van der Waals surface area contributed by atoms with Crippen LogP contribution in [0.15, 0.2) is 47.4 Å². The van der Waals surface area contributed by atoms with Crippen LogP contribution in [0.3, 0.4) is 0 Å². The number of amides is 1. The Morgan fingerprint density at radius 3 is 2.53 bits per heavy atom. The normalized spacial score (nSPS) is 17.4. The van der Waals surface area contributed by atoms with Gasteiger partial charge in [-0.15, -0.1) is 0 Å². The van der Waals surface area contributed by atoms with Crippen LogP contribution in [-0.4, -0.2) is 45.4 Å². The van der Waals surface area contributed by atoms with Crippen molar-refractivity contribution in [1.29, 1.82) is 0 Å². The van der Waals surface area contributed by atoms with Crippen LogP contribution in [-0.2, 0) is 14.8 Å². The minimum atomic E-state index is -3.72. The molecule has 1 heterocycles. The first-order valence-corrected chi connectivity index (χ1v) is 11.5. The molecular weight excluding hydrogens is 428 g/mol. The van der Waals surface area contributed by atoms with Crippen LogP contribution >= 0.6 is 11.6 Å². The van der Waals surface area contributed by atoms with Crippen molar-refractivity contribution in [2.75, 3.05) is 26.1 Å². The number of piperidine rings is 1. The third kappa shape index (κ3) is 5.06. The van der Waals surface area contributed by atoms with Crippen LogP contribution in [0.25, 0.3) is 0 Å². The molecule has 0 radical (unpaired) electrons. The van der Waals surface area contributed by atoms with Crippen LogP contribution in [0.4, 0.5) is 5.69 Å². The van der Waals surface area contributed by atoms with Crippen LogP contribution in [0.1, 0.15) is 25.7 Å². The van der Waals surface area contributed by atoms with E-state index < -0.39 is 16.1 Å². The van der Waals surface area contributed by atoms with Crippen molar-refractivity contribution in [3.63, 3.8) is 0 Å². The number of hydrogen-bond acceptors (Lipinski definition) is 5. The van der Waals surface area contributed by atoms with E-state index >= 15 is 0 Å². The summed E-state index contributed by atoms with van der Waals surface area (Å²) >= 11 is 6.02. The average Bonchev–Trinajstić information content (AvgIpc) is 2.74. The van der Waals surface area contributed by atoms with Crippen LogP contribution < -0.4 is 14.8 Å². The molecule has 1 aliphatic heterocycles. The molecule has 1 unspecified atom stereocenters. The van der Waals surface area contributed by atoms with Crippen molar-refractivity contribution >= 4 is 33.2 Å². The van der Waals surface area contributed by atoms with Gasteiger partial charge in [0.1, 0.15) is 11.5 Å². The van der Waals surface area contributed by atoms with Gasteiger partial charge in [0, 0.05) is 24.0 Å². The molecular formula is C21H25ClN2O5S. The third-order valence-corrected chi connectivity index (χ3v) is 7.30. The summed E-state index contributed by atoms with van der Waals surface area (Å²) in [6, 6.07) is 10.8. The Morgan fingerprint density at radius 2 is 1.87 bits per heavy atom. The molecule has 0 bridgehead atoms. The fourth-order valence-corrected chi connectivity index (χ4v) is 5.44. The molecule has 0 saturated carbocycles. The molecule has 1 saturated heterocycles. The number of methoxy groups -OCH3 is 2. The van der Waals surface area contributed by atoms with E-state index in [2.05, 4.69) is 5.32 Å². The number of carbonyl (C=O) groups is 1. The molecule has 2 aromatic rings. The van der Waals surface area contributed by atoms with E-state index in [1.807, 2.05) is 0 Å². The highest BCUT2D eigenvalue weighted by Crippen LogP contribution is 2.30. The summed E-state index contributed by atoms with van der Waals surface area (Å²) in [6.45, 7) is 0.382.